The van der Waals surface area contributed by atoms with Gasteiger partial charge in [-0.25, -0.2) is 0 Å². The number of nitrogens with one attached hydrogen (secondary N) is 2. The van der Waals surface area contributed by atoms with E-state index in [4.69, 9.17) is 4.74 Å². The highest BCUT2D eigenvalue weighted by Gasteiger charge is 2.20. The van der Waals surface area contributed by atoms with Crippen LogP contribution in [0.2, 0.25) is 0 Å². The van der Waals surface area contributed by atoms with E-state index in [0.717, 1.165) is 35.3 Å². The third-order valence-corrected chi connectivity index (χ3v) is 4.16. The molecule has 0 unspecified atom stereocenters. The van der Waals surface area contributed by atoms with Crippen molar-refractivity contribution < 1.29 is 14.4 Å². The van der Waals surface area contributed by atoms with Gasteiger partial charge in [0.25, 0.3) is 0 Å². The largest absolute Gasteiger partial charge is 0.497 e. The van der Waals surface area contributed by atoms with Crippen LogP contribution in [0, 0.1) is 0 Å². The van der Waals surface area contributed by atoms with Crippen LogP contribution in [0.3, 0.4) is 0 Å². The first-order valence-corrected chi connectivity index (χ1v) is 7.30. The molecular weight excluding hydrogens is 252 g/mol. The molecule has 1 aliphatic heterocycles. The first-order valence-electron chi connectivity index (χ1n) is 7.30. The van der Waals surface area contributed by atoms with E-state index in [-0.39, 0.29) is 5.78 Å². The second-order valence-electron chi connectivity index (χ2n) is 5.52. The van der Waals surface area contributed by atoms with Crippen LogP contribution in [0.1, 0.15) is 29.6 Å². The molecule has 1 aliphatic rings. The number of methoxy groups -OCH3 is 1. The Labute approximate surface area is 118 Å². The van der Waals surface area contributed by atoms with E-state index >= 15 is 0 Å². The summed E-state index contributed by atoms with van der Waals surface area (Å²) in [5.74, 6) is 1.01. The Hall–Kier alpha value is -1.81. The summed E-state index contributed by atoms with van der Waals surface area (Å²) in [4.78, 5) is 17.1. The minimum Gasteiger partial charge on any atom is -0.497 e. The van der Waals surface area contributed by atoms with Crippen LogP contribution < -0.4 is 9.64 Å². The molecular formula is C16H21N2O2+. The van der Waals surface area contributed by atoms with Crippen molar-refractivity contribution in [3.05, 3.63) is 30.0 Å². The predicted octanol–water partition coefficient (Wildman–Crippen LogP) is 1.43. The number of ether oxygens (including phenoxy) is 1. The molecule has 106 valence electrons. The number of hydrogen-bond donors (Lipinski definition) is 2. The zero-order valence-corrected chi connectivity index (χ0v) is 11.9. The molecule has 0 saturated carbocycles. The average Bonchev–Trinajstić information content (AvgIpc) is 2.91. The number of carbonyl (C=O) groups excluding carboxylic acids is 1. The fraction of sp³-hybridized carbons (Fsp3) is 0.438. The first kappa shape index (κ1) is 13.2. The van der Waals surface area contributed by atoms with Crippen molar-refractivity contribution in [2.75, 3.05) is 26.7 Å². The maximum absolute atomic E-state index is 12.5. The summed E-state index contributed by atoms with van der Waals surface area (Å²) in [5, 5.41) is 0.964. The molecule has 0 aliphatic carbocycles. The number of quaternary nitrogens is 1. The van der Waals surface area contributed by atoms with Crippen LogP contribution in [0.5, 0.6) is 5.75 Å². The summed E-state index contributed by atoms with van der Waals surface area (Å²) >= 11 is 0. The lowest BCUT2D eigenvalue weighted by atomic mass is 10.1. The molecule has 0 bridgehead atoms. The number of aromatic nitrogens is 1. The topological polar surface area (TPSA) is 46.5 Å². The van der Waals surface area contributed by atoms with Gasteiger partial charge >= 0.3 is 0 Å². The van der Waals surface area contributed by atoms with Crippen molar-refractivity contribution >= 4 is 16.7 Å². The van der Waals surface area contributed by atoms with Gasteiger partial charge in [-0.2, -0.15) is 0 Å². The van der Waals surface area contributed by atoms with Crippen LogP contribution in [-0.2, 0) is 0 Å². The lowest BCUT2D eigenvalue weighted by Gasteiger charge is -2.22. The second-order valence-corrected chi connectivity index (χ2v) is 5.52. The highest BCUT2D eigenvalue weighted by atomic mass is 16.5. The Bertz CT molecular complexity index is 612. The second kappa shape index (κ2) is 5.67. The van der Waals surface area contributed by atoms with E-state index in [1.54, 1.807) is 7.11 Å². The lowest BCUT2D eigenvalue weighted by molar-refractivity contribution is -0.896. The minimum atomic E-state index is 0.224. The zero-order chi connectivity index (χ0) is 13.9. The molecule has 4 heteroatoms. The summed E-state index contributed by atoms with van der Waals surface area (Å²) in [7, 11) is 1.65. The van der Waals surface area contributed by atoms with E-state index in [9.17, 15) is 4.79 Å². The Kier molecular flexibility index (Phi) is 3.74. The van der Waals surface area contributed by atoms with Gasteiger partial charge in [-0.15, -0.1) is 0 Å². The van der Waals surface area contributed by atoms with Gasteiger partial charge in [0.2, 0.25) is 5.78 Å². The van der Waals surface area contributed by atoms with Crippen molar-refractivity contribution in [2.45, 2.75) is 19.3 Å². The Morgan fingerprint density at radius 1 is 1.30 bits per heavy atom. The number of carbonyl (C=O) groups is 1. The maximum Gasteiger partial charge on any atom is 0.219 e. The summed E-state index contributed by atoms with van der Waals surface area (Å²) in [6.45, 7) is 2.85. The number of Topliss-reactive ketones (excluding diaryl/α,β-unsaturated/α-hetero) is 1. The molecule has 0 amide bonds. The molecule has 0 spiro atoms. The Morgan fingerprint density at radius 2 is 2.10 bits per heavy atom. The summed E-state index contributed by atoms with van der Waals surface area (Å²) in [6.07, 6.45) is 5.62. The van der Waals surface area contributed by atoms with Gasteiger partial charge in [-0.1, -0.05) is 0 Å². The van der Waals surface area contributed by atoms with Crippen LogP contribution in [0.15, 0.2) is 24.4 Å². The average molecular weight is 273 g/mol. The zero-order valence-electron chi connectivity index (χ0n) is 11.9. The van der Waals surface area contributed by atoms with Gasteiger partial charge in [-0.3, -0.25) is 4.79 Å². The van der Waals surface area contributed by atoms with E-state index in [2.05, 4.69) is 4.98 Å². The molecule has 4 nitrogen and oxygen atoms in total. The van der Waals surface area contributed by atoms with Crippen LogP contribution in [-0.4, -0.2) is 37.5 Å². The fourth-order valence-electron chi connectivity index (χ4n) is 3.01. The highest BCUT2D eigenvalue weighted by Crippen LogP contribution is 2.23. The van der Waals surface area contributed by atoms with E-state index in [1.165, 1.54) is 24.2 Å². The third kappa shape index (κ3) is 2.56. The van der Waals surface area contributed by atoms with Crippen molar-refractivity contribution in [1.29, 1.82) is 0 Å². The normalized spacial score (nSPS) is 16.4. The lowest BCUT2D eigenvalue weighted by Crippen LogP contribution is -3.13. The molecule has 1 fully saturated rings. The summed E-state index contributed by atoms with van der Waals surface area (Å²) < 4.78 is 5.25. The van der Waals surface area contributed by atoms with Gasteiger partial charge in [0, 0.05) is 22.7 Å². The number of likely N-dealkylation sites (tertiary alicyclic amines) is 1. The fourth-order valence-corrected chi connectivity index (χ4v) is 3.01. The number of aromatic amines is 1. The van der Waals surface area contributed by atoms with Crippen molar-refractivity contribution in [2.24, 2.45) is 0 Å². The number of rotatable bonds is 4. The van der Waals surface area contributed by atoms with Crippen molar-refractivity contribution in [1.82, 2.24) is 4.98 Å². The molecule has 2 aromatic rings. The monoisotopic (exact) mass is 273 g/mol. The van der Waals surface area contributed by atoms with Crippen LogP contribution in [0.25, 0.3) is 10.9 Å². The Morgan fingerprint density at radius 3 is 2.85 bits per heavy atom. The van der Waals surface area contributed by atoms with Gasteiger partial charge in [0.1, 0.15) is 12.3 Å². The number of piperidine rings is 1. The molecule has 2 heterocycles. The first-order chi connectivity index (χ1) is 9.78. The van der Waals surface area contributed by atoms with Crippen LogP contribution >= 0.6 is 0 Å². The number of benzene rings is 1. The van der Waals surface area contributed by atoms with Gasteiger partial charge in [0.15, 0.2) is 0 Å². The number of ketones is 1. The standard InChI is InChI=1S/C16H20N2O2/c1-20-12-5-6-15-13(9-12)14(10-17-15)16(19)11-18-7-3-2-4-8-18/h5-6,9-10,17H,2-4,7-8,11H2,1H3/p+1. The molecule has 0 atom stereocenters. The van der Waals surface area contributed by atoms with Gasteiger partial charge < -0.3 is 14.6 Å². The Balaban J connectivity index is 1.83. The smallest absolute Gasteiger partial charge is 0.219 e. The molecule has 1 saturated heterocycles. The number of hydrogen-bond acceptors (Lipinski definition) is 2. The van der Waals surface area contributed by atoms with Crippen LogP contribution in [0.4, 0.5) is 0 Å². The highest BCUT2D eigenvalue weighted by molar-refractivity contribution is 6.08. The SMILES string of the molecule is COc1ccc2[nH]cc(C(=O)C[NH+]3CCCCC3)c2c1. The summed E-state index contributed by atoms with van der Waals surface area (Å²) in [5.41, 5.74) is 1.78. The molecule has 20 heavy (non-hydrogen) atoms. The minimum absolute atomic E-state index is 0.224. The van der Waals surface area contributed by atoms with E-state index in [0.29, 0.717) is 6.54 Å². The number of H-pyrrole nitrogens is 1. The molecule has 1 aromatic heterocycles. The molecule has 0 radical (unpaired) electrons. The van der Waals surface area contributed by atoms with E-state index in [1.807, 2.05) is 24.4 Å². The predicted molar refractivity (Wildman–Crippen MR) is 78.6 cm³/mol. The quantitative estimate of drug-likeness (QED) is 0.828. The third-order valence-electron chi connectivity index (χ3n) is 4.16. The molecule has 1 aromatic carbocycles. The molecule has 3 rings (SSSR count). The summed E-state index contributed by atoms with van der Waals surface area (Å²) in [6, 6.07) is 5.80. The van der Waals surface area contributed by atoms with Crippen molar-refractivity contribution in [3.63, 3.8) is 0 Å². The van der Waals surface area contributed by atoms with E-state index < -0.39 is 0 Å². The molecule has 2 N–H and O–H groups in total. The van der Waals surface area contributed by atoms with Crippen molar-refractivity contribution in [3.8, 4) is 5.75 Å². The van der Waals surface area contributed by atoms with Gasteiger partial charge in [-0.05, 0) is 37.5 Å². The number of fused-ring (bicyclic) bond motifs is 1. The maximum atomic E-state index is 12.5. The van der Waals surface area contributed by atoms with Gasteiger partial charge in [0.05, 0.1) is 20.2 Å².